The molecule has 0 radical (unpaired) electrons. The van der Waals surface area contributed by atoms with Crippen LogP contribution >= 0.6 is 15.9 Å². The highest BCUT2D eigenvalue weighted by molar-refractivity contribution is 9.10. The van der Waals surface area contributed by atoms with E-state index in [4.69, 9.17) is 5.26 Å². The summed E-state index contributed by atoms with van der Waals surface area (Å²) in [4.78, 5) is 2.59. The van der Waals surface area contributed by atoms with Crippen molar-refractivity contribution >= 4 is 21.6 Å². The first-order valence-corrected chi connectivity index (χ1v) is 7.26. The maximum atomic E-state index is 8.84. The standard InChI is InChI=1S/C14H16BrN3/c15-13-7-10(8-16)1-4-14(13)17-11-5-6-18(9-11)12-2-3-12/h1,4,7,11-12,17H,2-3,5-6,9H2. The van der Waals surface area contributed by atoms with Gasteiger partial charge in [0.05, 0.1) is 11.6 Å². The van der Waals surface area contributed by atoms with E-state index >= 15 is 0 Å². The Kier molecular flexibility index (Phi) is 3.27. The van der Waals surface area contributed by atoms with E-state index in [0.717, 1.165) is 22.7 Å². The number of anilines is 1. The lowest BCUT2D eigenvalue weighted by Crippen LogP contribution is -2.27. The van der Waals surface area contributed by atoms with Crippen LogP contribution in [0.3, 0.4) is 0 Å². The summed E-state index contributed by atoms with van der Waals surface area (Å²) in [6.45, 7) is 2.37. The lowest BCUT2D eigenvalue weighted by atomic mass is 10.2. The molecular weight excluding hydrogens is 290 g/mol. The molecule has 94 valence electrons. The predicted molar refractivity (Wildman–Crippen MR) is 75.5 cm³/mol. The summed E-state index contributed by atoms with van der Waals surface area (Å²) < 4.78 is 0.978. The van der Waals surface area contributed by atoms with Gasteiger partial charge in [-0.05, 0) is 53.4 Å². The fraction of sp³-hybridized carbons (Fsp3) is 0.500. The number of nitrogens with zero attached hydrogens (tertiary/aromatic N) is 2. The van der Waals surface area contributed by atoms with Crippen LogP contribution < -0.4 is 5.32 Å². The fourth-order valence-corrected chi connectivity index (χ4v) is 3.09. The Morgan fingerprint density at radius 2 is 2.17 bits per heavy atom. The van der Waals surface area contributed by atoms with E-state index in [1.54, 1.807) is 0 Å². The molecule has 0 amide bonds. The summed E-state index contributed by atoms with van der Waals surface area (Å²) in [7, 11) is 0. The number of nitriles is 1. The van der Waals surface area contributed by atoms with Gasteiger partial charge in [0.1, 0.15) is 0 Å². The maximum Gasteiger partial charge on any atom is 0.0992 e. The first kappa shape index (κ1) is 12.0. The molecule has 2 aliphatic rings. The topological polar surface area (TPSA) is 39.1 Å². The fourth-order valence-electron chi connectivity index (χ4n) is 2.60. The third-order valence-corrected chi connectivity index (χ3v) is 4.40. The summed E-state index contributed by atoms with van der Waals surface area (Å²) in [6.07, 6.45) is 3.98. The molecule has 1 aromatic carbocycles. The van der Waals surface area contributed by atoms with Gasteiger partial charge in [0, 0.05) is 35.3 Å². The van der Waals surface area contributed by atoms with Gasteiger partial charge in [-0.3, -0.25) is 4.90 Å². The summed E-state index contributed by atoms with van der Waals surface area (Å²) in [6, 6.07) is 9.27. The molecule has 0 aromatic heterocycles. The zero-order valence-corrected chi connectivity index (χ0v) is 11.8. The van der Waals surface area contributed by atoms with Gasteiger partial charge in [-0.25, -0.2) is 0 Å². The summed E-state index contributed by atoms with van der Waals surface area (Å²) >= 11 is 3.52. The van der Waals surface area contributed by atoms with Gasteiger partial charge in [0.15, 0.2) is 0 Å². The van der Waals surface area contributed by atoms with Crippen molar-refractivity contribution in [2.24, 2.45) is 0 Å². The van der Waals surface area contributed by atoms with Gasteiger partial charge >= 0.3 is 0 Å². The molecular formula is C14H16BrN3. The number of rotatable bonds is 3. The molecule has 3 rings (SSSR count). The highest BCUT2D eigenvalue weighted by Crippen LogP contribution is 2.31. The zero-order chi connectivity index (χ0) is 12.5. The van der Waals surface area contributed by atoms with Crippen molar-refractivity contribution in [3.63, 3.8) is 0 Å². The minimum atomic E-state index is 0.537. The van der Waals surface area contributed by atoms with Crippen LogP contribution in [0.25, 0.3) is 0 Å². The second kappa shape index (κ2) is 4.91. The van der Waals surface area contributed by atoms with Gasteiger partial charge in [0.2, 0.25) is 0 Å². The summed E-state index contributed by atoms with van der Waals surface area (Å²) in [5.41, 5.74) is 1.79. The van der Waals surface area contributed by atoms with E-state index in [2.05, 4.69) is 32.2 Å². The second-order valence-corrected chi connectivity index (χ2v) is 6.02. The minimum Gasteiger partial charge on any atom is -0.380 e. The molecule has 0 spiro atoms. The van der Waals surface area contributed by atoms with E-state index in [0.29, 0.717) is 11.6 Å². The molecule has 2 fully saturated rings. The normalized spacial score (nSPS) is 23.9. The summed E-state index contributed by atoms with van der Waals surface area (Å²) in [5, 5.41) is 12.4. The number of hydrogen-bond donors (Lipinski definition) is 1. The lowest BCUT2D eigenvalue weighted by molar-refractivity contribution is 0.326. The molecule has 1 N–H and O–H groups in total. The lowest BCUT2D eigenvalue weighted by Gasteiger charge is -2.17. The Balaban J connectivity index is 1.64. The molecule has 1 aliphatic heterocycles. The number of nitrogens with one attached hydrogen (secondary N) is 1. The van der Waals surface area contributed by atoms with Crippen LogP contribution in [0.15, 0.2) is 22.7 Å². The maximum absolute atomic E-state index is 8.84. The van der Waals surface area contributed by atoms with Crippen LogP contribution in [-0.2, 0) is 0 Å². The smallest absolute Gasteiger partial charge is 0.0992 e. The molecule has 0 bridgehead atoms. The molecule has 3 nitrogen and oxygen atoms in total. The SMILES string of the molecule is N#Cc1ccc(NC2CCN(C3CC3)C2)c(Br)c1. The van der Waals surface area contributed by atoms with Crippen LogP contribution in [-0.4, -0.2) is 30.1 Å². The number of likely N-dealkylation sites (tertiary alicyclic amines) is 1. The highest BCUT2D eigenvalue weighted by atomic mass is 79.9. The van der Waals surface area contributed by atoms with Gasteiger partial charge in [-0.15, -0.1) is 0 Å². The Bertz CT molecular complexity index is 490. The third-order valence-electron chi connectivity index (χ3n) is 3.74. The molecule has 1 saturated carbocycles. The van der Waals surface area contributed by atoms with Crippen molar-refractivity contribution in [2.45, 2.75) is 31.3 Å². The van der Waals surface area contributed by atoms with Crippen LogP contribution in [0.4, 0.5) is 5.69 Å². The first-order chi connectivity index (χ1) is 8.76. The second-order valence-electron chi connectivity index (χ2n) is 5.16. The largest absolute Gasteiger partial charge is 0.380 e. The van der Waals surface area contributed by atoms with Crippen molar-refractivity contribution in [1.82, 2.24) is 4.90 Å². The van der Waals surface area contributed by atoms with E-state index < -0.39 is 0 Å². The van der Waals surface area contributed by atoms with Crippen molar-refractivity contribution in [3.05, 3.63) is 28.2 Å². The highest BCUT2D eigenvalue weighted by Gasteiger charge is 2.34. The van der Waals surface area contributed by atoms with Crippen LogP contribution in [0, 0.1) is 11.3 Å². The minimum absolute atomic E-state index is 0.537. The van der Waals surface area contributed by atoms with Gasteiger partial charge in [0.25, 0.3) is 0 Å². The quantitative estimate of drug-likeness (QED) is 0.933. The molecule has 1 unspecified atom stereocenters. The summed E-state index contributed by atoms with van der Waals surface area (Å²) in [5.74, 6) is 0. The molecule has 1 saturated heterocycles. The van der Waals surface area contributed by atoms with Crippen molar-refractivity contribution < 1.29 is 0 Å². The molecule has 4 heteroatoms. The van der Waals surface area contributed by atoms with Crippen molar-refractivity contribution in [1.29, 1.82) is 5.26 Å². The van der Waals surface area contributed by atoms with E-state index in [1.165, 1.54) is 25.8 Å². The van der Waals surface area contributed by atoms with Crippen molar-refractivity contribution in [2.75, 3.05) is 18.4 Å². The van der Waals surface area contributed by atoms with E-state index in [1.807, 2.05) is 18.2 Å². The van der Waals surface area contributed by atoms with Crippen LogP contribution in [0.5, 0.6) is 0 Å². The average Bonchev–Trinajstić information content (AvgIpc) is 3.13. The van der Waals surface area contributed by atoms with Gasteiger partial charge in [-0.1, -0.05) is 0 Å². The molecule has 1 atom stereocenters. The van der Waals surface area contributed by atoms with E-state index in [-0.39, 0.29) is 0 Å². The molecule has 1 aliphatic carbocycles. The predicted octanol–water partition coefficient (Wildman–Crippen LogP) is 2.97. The Labute approximate surface area is 116 Å². The zero-order valence-electron chi connectivity index (χ0n) is 10.2. The monoisotopic (exact) mass is 305 g/mol. The number of halogens is 1. The van der Waals surface area contributed by atoms with Crippen LogP contribution in [0.2, 0.25) is 0 Å². The van der Waals surface area contributed by atoms with E-state index in [9.17, 15) is 0 Å². The van der Waals surface area contributed by atoms with Crippen LogP contribution in [0.1, 0.15) is 24.8 Å². The first-order valence-electron chi connectivity index (χ1n) is 6.46. The Hall–Kier alpha value is -1.05. The molecule has 1 aromatic rings. The number of hydrogen-bond acceptors (Lipinski definition) is 3. The van der Waals surface area contributed by atoms with Gasteiger partial charge in [-0.2, -0.15) is 5.26 Å². The molecule has 1 heterocycles. The molecule has 18 heavy (non-hydrogen) atoms. The Morgan fingerprint density at radius 3 is 2.83 bits per heavy atom. The third kappa shape index (κ3) is 2.52. The Morgan fingerprint density at radius 1 is 1.33 bits per heavy atom. The van der Waals surface area contributed by atoms with Crippen molar-refractivity contribution in [3.8, 4) is 6.07 Å². The average molecular weight is 306 g/mol. The van der Waals surface area contributed by atoms with Gasteiger partial charge < -0.3 is 5.32 Å². The number of benzene rings is 1.